The topological polar surface area (TPSA) is 61.7 Å². The monoisotopic (exact) mass is 367 g/mol. The molecule has 0 N–H and O–H groups in total. The number of nitrogens with zero attached hydrogens (tertiary/aromatic N) is 5. The zero-order valence-electron chi connectivity index (χ0n) is 14.1. The Balaban J connectivity index is 2.41. The maximum atomic E-state index is 11.8. The Hall–Kier alpha value is -1.60. The summed E-state index contributed by atoms with van der Waals surface area (Å²) < 4.78 is 0. The molecule has 0 bridgehead atoms. The molecule has 1 aliphatic carbocycles. The summed E-state index contributed by atoms with van der Waals surface area (Å²) >= 11 is 7.72. The molecule has 1 heterocycles. The minimum atomic E-state index is 0.0908. The van der Waals surface area contributed by atoms with Crippen LogP contribution in [0.2, 0.25) is 5.15 Å². The van der Waals surface area contributed by atoms with Crippen LogP contribution in [0.4, 0.5) is 11.8 Å². The van der Waals surface area contributed by atoms with Crippen molar-refractivity contribution in [1.82, 2.24) is 14.9 Å². The lowest BCUT2D eigenvalue weighted by Crippen LogP contribution is -2.33. The van der Waals surface area contributed by atoms with Crippen LogP contribution in [0.5, 0.6) is 0 Å². The lowest BCUT2D eigenvalue weighted by Gasteiger charge is -2.25. The summed E-state index contributed by atoms with van der Waals surface area (Å²) in [5.74, 6) is 1.20. The van der Waals surface area contributed by atoms with Gasteiger partial charge in [0.2, 0.25) is 6.41 Å². The van der Waals surface area contributed by atoms with Crippen LogP contribution in [-0.4, -0.2) is 54.0 Å². The van der Waals surface area contributed by atoms with Crippen molar-refractivity contribution in [1.29, 1.82) is 0 Å². The highest BCUT2D eigenvalue weighted by atomic mass is 35.5. The molecule has 1 aliphatic rings. The molecule has 1 saturated carbocycles. The molecule has 1 aromatic rings. The summed E-state index contributed by atoms with van der Waals surface area (Å²) in [6.07, 6.45) is 9.10. The van der Waals surface area contributed by atoms with Crippen molar-refractivity contribution in [3.63, 3.8) is 0 Å². The molecular formula is C16H22ClN5OS. The van der Waals surface area contributed by atoms with Crippen molar-refractivity contribution in [3.05, 3.63) is 17.8 Å². The van der Waals surface area contributed by atoms with Crippen LogP contribution >= 0.6 is 23.4 Å². The molecule has 1 fully saturated rings. The minimum Gasteiger partial charge on any atom is -0.369 e. The number of rotatable bonds is 7. The number of hydrogen-bond donors (Lipinski definition) is 0. The zero-order valence-corrected chi connectivity index (χ0v) is 15.7. The van der Waals surface area contributed by atoms with Gasteiger partial charge in [-0.15, -0.1) is 18.3 Å². The number of carbonyl (C=O) groups is 1. The Kier molecular flexibility index (Phi) is 6.62. The van der Waals surface area contributed by atoms with Crippen molar-refractivity contribution in [2.45, 2.75) is 30.2 Å². The van der Waals surface area contributed by atoms with E-state index in [4.69, 9.17) is 11.6 Å². The van der Waals surface area contributed by atoms with E-state index in [0.29, 0.717) is 21.8 Å². The van der Waals surface area contributed by atoms with Crippen LogP contribution in [-0.2, 0) is 4.79 Å². The Labute approximate surface area is 152 Å². The van der Waals surface area contributed by atoms with E-state index in [2.05, 4.69) is 21.5 Å². The van der Waals surface area contributed by atoms with E-state index in [1.807, 2.05) is 26.4 Å². The summed E-state index contributed by atoms with van der Waals surface area (Å²) in [6.45, 7) is 3.86. The van der Waals surface area contributed by atoms with Crippen LogP contribution < -0.4 is 4.90 Å². The molecule has 0 spiro atoms. The summed E-state index contributed by atoms with van der Waals surface area (Å²) in [4.78, 5) is 28.8. The molecule has 2 atom stereocenters. The quantitative estimate of drug-likeness (QED) is 0.184. The fourth-order valence-corrected chi connectivity index (χ4v) is 3.68. The van der Waals surface area contributed by atoms with Gasteiger partial charge in [-0.2, -0.15) is 9.97 Å². The Morgan fingerprint density at radius 2 is 2.12 bits per heavy atom. The van der Waals surface area contributed by atoms with Crippen LogP contribution in [0.1, 0.15) is 19.3 Å². The average molecular weight is 368 g/mol. The average Bonchev–Trinajstić information content (AvgIpc) is 3.02. The third-order valence-electron chi connectivity index (χ3n) is 3.93. The number of aliphatic imine (C=N–C) groups is 1. The molecule has 0 aliphatic heterocycles. The molecular weight excluding hydrogens is 346 g/mol. The largest absolute Gasteiger partial charge is 0.369 e. The third-order valence-corrected chi connectivity index (χ3v) is 5.10. The van der Waals surface area contributed by atoms with Crippen LogP contribution in [0.25, 0.3) is 0 Å². The van der Waals surface area contributed by atoms with Gasteiger partial charge in [0.25, 0.3) is 5.95 Å². The van der Waals surface area contributed by atoms with Gasteiger partial charge in [-0.25, -0.2) is 4.99 Å². The molecule has 130 valence electrons. The van der Waals surface area contributed by atoms with Gasteiger partial charge in [-0.1, -0.05) is 17.7 Å². The summed E-state index contributed by atoms with van der Waals surface area (Å²) in [6, 6.07) is 0.0908. The van der Waals surface area contributed by atoms with E-state index in [1.54, 1.807) is 16.1 Å². The molecule has 0 radical (unpaired) electrons. The normalized spacial score (nSPS) is 20.3. The van der Waals surface area contributed by atoms with Crippen molar-refractivity contribution in [2.75, 3.05) is 25.3 Å². The number of carbonyl (C=O) groups excluding carboxylic acids is 1. The highest BCUT2D eigenvalue weighted by molar-refractivity contribution is 7.98. The number of anilines is 1. The smallest absolute Gasteiger partial charge is 0.254 e. The van der Waals surface area contributed by atoms with Gasteiger partial charge in [0.15, 0.2) is 5.82 Å². The van der Waals surface area contributed by atoms with E-state index in [1.165, 1.54) is 11.8 Å². The number of hydrogen-bond acceptors (Lipinski definition) is 5. The Bertz CT molecular complexity index is 637. The Morgan fingerprint density at radius 1 is 1.38 bits per heavy atom. The standard InChI is InChI=1S/C16H22ClN5OS/c1-5-11-6-7-12(8-11)22(10-23)15-13(24-4)14(17)19-16(20-15)18-9-21(2)3/h5,9-12H,1,6-8H2,2-4H3/b18-9+. The fourth-order valence-electron chi connectivity index (χ4n) is 2.74. The van der Waals surface area contributed by atoms with Crippen molar-refractivity contribution < 1.29 is 4.79 Å². The summed E-state index contributed by atoms with van der Waals surface area (Å²) in [5, 5.41) is 0.309. The first-order valence-electron chi connectivity index (χ1n) is 7.68. The number of thioether (sulfide) groups is 1. The molecule has 2 unspecified atom stereocenters. The minimum absolute atomic E-state index is 0.0908. The van der Waals surface area contributed by atoms with Gasteiger partial charge < -0.3 is 4.90 Å². The highest BCUT2D eigenvalue weighted by Crippen LogP contribution is 2.38. The SMILES string of the molecule is C=CC1CCC(N(C=O)c2nc(/N=C/N(C)C)nc(Cl)c2SC)C1. The molecule has 0 saturated heterocycles. The zero-order chi connectivity index (χ0) is 17.7. The van der Waals surface area contributed by atoms with Crippen LogP contribution in [0.15, 0.2) is 22.5 Å². The van der Waals surface area contributed by atoms with Crippen LogP contribution in [0.3, 0.4) is 0 Å². The number of aromatic nitrogens is 2. The second-order valence-corrected chi connectivity index (χ2v) is 7.03. The van der Waals surface area contributed by atoms with E-state index in [-0.39, 0.29) is 12.0 Å². The summed E-state index contributed by atoms with van der Waals surface area (Å²) in [5.41, 5.74) is 0. The fraction of sp³-hybridized carbons (Fsp3) is 0.500. The highest BCUT2D eigenvalue weighted by Gasteiger charge is 2.31. The number of amides is 1. The molecule has 2 rings (SSSR count). The predicted octanol–water partition coefficient (Wildman–Crippen LogP) is 3.39. The van der Waals surface area contributed by atoms with Crippen molar-refractivity contribution >= 4 is 47.9 Å². The maximum Gasteiger partial charge on any atom is 0.254 e. The van der Waals surface area contributed by atoms with E-state index in [9.17, 15) is 4.79 Å². The maximum absolute atomic E-state index is 11.8. The lowest BCUT2D eigenvalue weighted by atomic mass is 10.1. The van der Waals surface area contributed by atoms with E-state index >= 15 is 0 Å². The molecule has 8 heteroatoms. The van der Waals surface area contributed by atoms with E-state index < -0.39 is 0 Å². The Morgan fingerprint density at radius 3 is 2.67 bits per heavy atom. The van der Waals surface area contributed by atoms with Gasteiger partial charge >= 0.3 is 0 Å². The third kappa shape index (κ3) is 4.27. The van der Waals surface area contributed by atoms with Gasteiger partial charge in [0, 0.05) is 20.1 Å². The molecule has 0 aromatic carbocycles. The predicted molar refractivity (Wildman–Crippen MR) is 101 cm³/mol. The first-order chi connectivity index (χ1) is 11.5. The van der Waals surface area contributed by atoms with Gasteiger partial charge in [-0.05, 0) is 31.4 Å². The van der Waals surface area contributed by atoms with Gasteiger partial charge in [-0.3, -0.25) is 9.69 Å². The first kappa shape index (κ1) is 18.7. The number of allylic oxidation sites excluding steroid dienone is 1. The van der Waals surface area contributed by atoms with Gasteiger partial charge in [0.1, 0.15) is 5.15 Å². The van der Waals surface area contributed by atoms with E-state index in [0.717, 1.165) is 25.7 Å². The number of halogens is 1. The molecule has 1 aromatic heterocycles. The molecule has 24 heavy (non-hydrogen) atoms. The van der Waals surface area contributed by atoms with Gasteiger partial charge in [0.05, 0.1) is 11.2 Å². The lowest BCUT2D eigenvalue weighted by molar-refractivity contribution is -0.107. The summed E-state index contributed by atoms with van der Waals surface area (Å²) in [7, 11) is 3.71. The van der Waals surface area contributed by atoms with Crippen molar-refractivity contribution in [3.8, 4) is 0 Å². The second-order valence-electron chi connectivity index (χ2n) is 5.85. The van der Waals surface area contributed by atoms with Crippen LogP contribution in [0, 0.1) is 5.92 Å². The molecule has 1 amide bonds. The van der Waals surface area contributed by atoms with Crippen molar-refractivity contribution in [2.24, 2.45) is 10.9 Å². The second kappa shape index (κ2) is 8.48. The molecule has 6 nitrogen and oxygen atoms in total. The first-order valence-corrected chi connectivity index (χ1v) is 9.28.